The van der Waals surface area contributed by atoms with Crippen molar-refractivity contribution in [3.05, 3.63) is 304 Å². The number of carbonyl (C=O) groups excluding carboxylic acids is 4. The standard InChI is InChI=1S/C29H32N2O2.C27H27FN2O.C25H32N2O.C24H28ClFN2O/c1-5-33-25-8-6-7-21(15-25)22-11-14-27-26(16-22)23(17-28(30)32)19-31(27)18-20-9-12-24(13-10-20)29(2,3)4;1-27(2,3)22-10-7-18(8-11-22)16-30-17-21(15-26(29)31)24-14-20(9-12-25(24)30)19-5-4-6-23(28)13-19;1-3-4-5-6-7-8-14-27-18-22(17-25(26)28)23-16-21(12-13-24(23)27)20-11-9-10-19(2)15-20;1-2-3-4-5-6-7-12-28-16-19(15-24(27)29)20-13-17(9-11-23(20)28)18-8-10-22(26)21(25)14-18/h6-16,19H,5,17-18H2,1-4H3,(H2,30,32);4-14,17H,15-16H2,1-3H3,(H2,29,31);9-13,15-16,18H,3-8,14,17H2,1-2H3,(H2,26,28);8-11,13-14,16H,2-7,12,15H2,1H3,(H2,27,29). The van der Waals surface area contributed by atoms with Gasteiger partial charge in [0.25, 0.3) is 0 Å². The molecule has 0 bridgehead atoms. The minimum atomic E-state index is -0.434. The van der Waals surface area contributed by atoms with Crippen LogP contribution in [0.1, 0.15) is 189 Å². The van der Waals surface area contributed by atoms with Gasteiger partial charge in [-0.1, -0.05) is 264 Å². The van der Waals surface area contributed by atoms with Gasteiger partial charge in [0.2, 0.25) is 23.6 Å². The first-order chi connectivity index (χ1) is 58.0. The third-order valence-electron chi connectivity index (χ3n) is 22.4. The molecule has 121 heavy (non-hydrogen) atoms. The second-order valence-corrected chi connectivity index (χ2v) is 34.6. The molecule has 14 rings (SSSR count). The number of halogens is 3. The van der Waals surface area contributed by atoms with Crippen molar-refractivity contribution in [2.75, 3.05) is 6.61 Å². The summed E-state index contributed by atoms with van der Waals surface area (Å²) in [4.78, 5) is 46.6. The lowest BCUT2D eigenvalue weighted by Gasteiger charge is -2.19. The third-order valence-corrected chi connectivity index (χ3v) is 22.7. The molecule has 0 unspecified atom stereocenters. The molecule has 630 valence electrons. The van der Waals surface area contributed by atoms with E-state index in [2.05, 4.69) is 214 Å². The Morgan fingerprint density at radius 3 is 1.06 bits per heavy atom. The summed E-state index contributed by atoms with van der Waals surface area (Å²) < 4.78 is 41.7. The lowest BCUT2D eigenvalue weighted by Crippen LogP contribution is -2.13. The molecule has 0 saturated carbocycles. The first-order valence-corrected chi connectivity index (χ1v) is 43.2. The molecular weight excluding hydrogens is 1530 g/mol. The molecular formula is C105H119ClF2N8O5. The molecule has 4 amide bonds. The van der Waals surface area contributed by atoms with E-state index >= 15 is 0 Å². The van der Waals surface area contributed by atoms with Gasteiger partial charge in [-0.15, -0.1) is 0 Å². The highest BCUT2D eigenvalue weighted by atomic mass is 35.5. The average molecular weight is 1650 g/mol. The normalized spacial score (nSPS) is 11.5. The molecule has 0 radical (unpaired) electrons. The molecule has 0 atom stereocenters. The summed E-state index contributed by atoms with van der Waals surface area (Å²) in [5.74, 6) is -1.18. The maximum Gasteiger partial charge on any atom is 0.221 e. The topological polar surface area (TPSA) is 201 Å². The van der Waals surface area contributed by atoms with Crippen LogP contribution in [0.15, 0.2) is 237 Å². The van der Waals surface area contributed by atoms with Gasteiger partial charge in [-0.05, 0) is 211 Å². The Bertz CT molecular complexity index is 5890. The molecule has 0 aliphatic rings. The summed E-state index contributed by atoms with van der Waals surface area (Å²) in [7, 11) is 0. The number of nitrogens with zero attached hydrogens (tertiary/aromatic N) is 4. The Labute approximate surface area is 718 Å². The van der Waals surface area contributed by atoms with E-state index in [0.717, 1.165) is 126 Å². The number of primary amides is 4. The second kappa shape index (κ2) is 41.9. The zero-order valence-electron chi connectivity index (χ0n) is 72.1. The van der Waals surface area contributed by atoms with Crippen LogP contribution in [0.4, 0.5) is 8.78 Å². The number of nitrogens with two attached hydrogens (primary N) is 4. The van der Waals surface area contributed by atoms with E-state index < -0.39 is 5.82 Å². The number of hydrogen-bond acceptors (Lipinski definition) is 5. The third kappa shape index (κ3) is 24.7. The predicted molar refractivity (Wildman–Crippen MR) is 497 cm³/mol. The second-order valence-electron chi connectivity index (χ2n) is 34.2. The van der Waals surface area contributed by atoms with E-state index in [9.17, 15) is 28.0 Å². The van der Waals surface area contributed by atoms with E-state index in [0.29, 0.717) is 13.2 Å². The summed E-state index contributed by atoms with van der Waals surface area (Å²) in [6, 6.07) is 70.4. The van der Waals surface area contributed by atoms with Gasteiger partial charge in [-0.25, -0.2) is 8.78 Å². The van der Waals surface area contributed by atoms with Crippen LogP contribution in [-0.4, -0.2) is 48.5 Å². The zero-order chi connectivity index (χ0) is 86.5. The van der Waals surface area contributed by atoms with Gasteiger partial charge in [0, 0.05) is 94.6 Å². The summed E-state index contributed by atoms with van der Waals surface area (Å²) in [5.41, 5.74) is 44.8. The molecule has 14 aromatic rings. The number of hydrogen-bond donors (Lipinski definition) is 4. The number of unbranched alkanes of at least 4 members (excludes halogenated alkanes) is 10. The van der Waals surface area contributed by atoms with Gasteiger partial charge in [-0.3, -0.25) is 19.2 Å². The molecule has 16 heteroatoms. The summed E-state index contributed by atoms with van der Waals surface area (Å²) in [6.07, 6.45) is 24.2. The van der Waals surface area contributed by atoms with Gasteiger partial charge >= 0.3 is 0 Å². The number of amides is 4. The number of fused-ring (bicyclic) bond motifs is 4. The highest BCUT2D eigenvalue weighted by Gasteiger charge is 2.21. The van der Waals surface area contributed by atoms with E-state index in [1.165, 1.54) is 133 Å². The fourth-order valence-corrected chi connectivity index (χ4v) is 16.2. The fourth-order valence-electron chi connectivity index (χ4n) is 16.0. The molecule has 0 spiro atoms. The highest BCUT2D eigenvalue weighted by molar-refractivity contribution is 6.31. The number of carbonyl (C=O) groups is 4. The van der Waals surface area contributed by atoms with E-state index in [1.54, 1.807) is 18.2 Å². The molecule has 0 fully saturated rings. The number of rotatable bonds is 32. The van der Waals surface area contributed by atoms with Crippen LogP contribution in [0.25, 0.3) is 88.1 Å². The van der Waals surface area contributed by atoms with Crippen molar-refractivity contribution in [2.45, 2.75) is 209 Å². The summed E-state index contributed by atoms with van der Waals surface area (Å²) in [5, 5.41) is 4.27. The van der Waals surface area contributed by atoms with Crippen molar-refractivity contribution in [2.24, 2.45) is 22.9 Å². The molecule has 4 heterocycles. The van der Waals surface area contributed by atoms with Crippen LogP contribution in [0.2, 0.25) is 5.02 Å². The molecule has 0 aliphatic carbocycles. The lowest BCUT2D eigenvalue weighted by atomic mass is 9.87. The van der Waals surface area contributed by atoms with Gasteiger partial charge in [-0.2, -0.15) is 0 Å². The predicted octanol–water partition coefficient (Wildman–Crippen LogP) is 24.4. The van der Waals surface area contributed by atoms with Gasteiger partial charge in [0.15, 0.2) is 0 Å². The molecule has 8 N–H and O–H groups in total. The first kappa shape index (κ1) is 90.0. The van der Waals surface area contributed by atoms with E-state index in [-0.39, 0.29) is 71.0 Å². The number of aryl methyl sites for hydroxylation is 3. The average Bonchev–Trinajstić information content (AvgIpc) is 1.64. The Balaban J connectivity index is 0.000000158. The van der Waals surface area contributed by atoms with Crippen LogP contribution < -0.4 is 27.7 Å². The zero-order valence-corrected chi connectivity index (χ0v) is 72.9. The Kier molecular flexibility index (Phi) is 31.2. The minimum absolute atomic E-state index is 0.0978. The van der Waals surface area contributed by atoms with Crippen LogP contribution in [-0.2, 0) is 81.9 Å². The highest BCUT2D eigenvalue weighted by Crippen LogP contribution is 2.37. The van der Waals surface area contributed by atoms with E-state index in [1.807, 2.05) is 73.9 Å². The smallest absolute Gasteiger partial charge is 0.221 e. The van der Waals surface area contributed by atoms with Crippen LogP contribution in [0.3, 0.4) is 0 Å². The fraction of sp³-hybridized carbons (Fsp3) is 0.314. The molecule has 10 aromatic carbocycles. The van der Waals surface area contributed by atoms with Crippen molar-refractivity contribution >= 4 is 78.8 Å². The van der Waals surface area contributed by atoms with Gasteiger partial charge in [0.1, 0.15) is 17.4 Å². The largest absolute Gasteiger partial charge is 0.494 e. The number of benzene rings is 10. The SMILES string of the molecule is CC(C)(C)c1ccc(Cn2cc(CC(N)=O)c3cc(-c4cccc(F)c4)ccc32)cc1.CCCCCCCCn1cc(CC(N)=O)c2cc(-c3ccc(F)c(Cl)c3)ccc21.CCCCCCCCn1cc(CC(N)=O)c2cc(-c3cccc(C)c3)ccc21.CCOc1cccc(-c2ccc3c(c2)c(CC(N)=O)cn3Cc2ccc(C(C)(C)C)cc2)c1. The molecule has 0 aliphatic heterocycles. The molecule has 0 saturated heterocycles. The van der Waals surface area contributed by atoms with Gasteiger partial charge in [0.05, 0.1) is 37.3 Å². The molecule has 4 aromatic heterocycles. The first-order valence-electron chi connectivity index (χ1n) is 42.8. The van der Waals surface area contributed by atoms with Crippen molar-refractivity contribution in [3.8, 4) is 50.3 Å². The monoisotopic (exact) mass is 1640 g/mol. The van der Waals surface area contributed by atoms with Crippen LogP contribution in [0, 0.1) is 18.6 Å². The van der Waals surface area contributed by atoms with Crippen LogP contribution >= 0.6 is 11.6 Å². The lowest BCUT2D eigenvalue weighted by molar-refractivity contribution is -0.118. The summed E-state index contributed by atoms with van der Waals surface area (Å²) in [6.45, 7) is 25.8. The van der Waals surface area contributed by atoms with E-state index in [4.69, 9.17) is 39.3 Å². The van der Waals surface area contributed by atoms with Crippen molar-refractivity contribution < 1.29 is 32.7 Å². The van der Waals surface area contributed by atoms with Crippen molar-refractivity contribution in [1.29, 1.82) is 0 Å². The van der Waals surface area contributed by atoms with Crippen molar-refractivity contribution in [3.63, 3.8) is 0 Å². The van der Waals surface area contributed by atoms with Crippen LogP contribution in [0.5, 0.6) is 5.75 Å². The Morgan fingerprint density at radius 1 is 0.364 bits per heavy atom. The minimum Gasteiger partial charge on any atom is -0.494 e. The quantitative estimate of drug-likeness (QED) is 0.0303. The Morgan fingerprint density at radius 2 is 0.694 bits per heavy atom. The number of ether oxygens (including phenoxy) is 1. The summed E-state index contributed by atoms with van der Waals surface area (Å²) >= 11 is 5.95. The van der Waals surface area contributed by atoms with Gasteiger partial charge < -0.3 is 45.9 Å². The maximum atomic E-state index is 13.7. The molecule has 13 nitrogen and oxygen atoms in total. The Hall–Kier alpha value is -11.8. The maximum absolute atomic E-state index is 13.7. The number of aromatic nitrogens is 4. The van der Waals surface area contributed by atoms with Crippen molar-refractivity contribution in [1.82, 2.24) is 18.3 Å².